The van der Waals surface area contributed by atoms with Crippen LogP contribution in [0, 0.1) is 0 Å². The zero-order valence-corrected chi connectivity index (χ0v) is 17.6. The van der Waals surface area contributed by atoms with Crippen LogP contribution in [0.4, 0.5) is 13.2 Å². The number of nitrogens with one attached hydrogen (secondary N) is 1. The lowest BCUT2D eigenvalue weighted by atomic mass is 9.94. The van der Waals surface area contributed by atoms with Crippen LogP contribution in [0.25, 0.3) is 0 Å². The summed E-state index contributed by atoms with van der Waals surface area (Å²) >= 11 is 0. The Labute approximate surface area is 184 Å². The van der Waals surface area contributed by atoms with Gasteiger partial charge in [-0.05, 0) is 41.7 Å². The van der Waals surface area contributed by atoms with E-state index in [0.29, 0.717) is 6.61 Å². The van der Waals surface area contributed by atoms with Gasteiger partial charge < -0.3 is 14.6 Å². The zero-order chi connectivity index (χ0) is 22.7. The molecule has 2 aromatic carbocycles. The number of alkyl halides is 3. The fourth-order valence-electron chi connectivity index (χ4n) is 4.04. The highest BCUT2D eigenvalue weighted by molar-refractivity contribution is 5.78. The summed E-state index contributed by atoms with van der Waals surface area (Å²) in [6.45, 7) is 0.664. The molecule has 1 aliphatic rings. The third-order valence-electron chi connectivity index (χ3n) is 5.66. The van der Waals surface area contributed by atoms with E-state index in [9.17, 15) is 18.0 Å². The minimum atomic E-state index is -4.60. The van der Waals surface area contributed by atoms with E-state index in [2.05, 4.69) is 10.3 Å². The Morgan fingerprint density at radius 1 is 1.19 bits per heavy atom. The fraction of sp³-hybridized carbons (Fsp3) is 0.333. The number of imidazole rings is 1. The number of halogens is 3. The minimum absolute atomic E-state index is 0.185. The highest BCUT2D eigenvalue weighted by atomic mass is 19.4. The average Bonchev–Trinajstić information content (AvgIpc) is 3.20. The van der Waals surface area contributed by atoms with Crippen molar-refractivity contribution in [2.24, 2.45) is 7.05 Å². The predicted octanol–water partition coefficient (Wildman–Crippen LogP) is 4.69. The quantitative estimate of drug-likeness (QED) is 0.602. The SMILES string of the molecule is Cn1ccnc1C(CC(=O)NC(c1ccccc1)c1ccc2c(c1)CCCO2)C(F)(F)F. The van der Waals surface area contributed by atoms with Gasteiger partial charge in [-0.2, -0.15) is 13.2 Å². The standard InChI is InChI=1S/C24H24F3N3O2/c1-30-12-11-28-23(30)19(24(25,26)27)15-21(31)29-22(16-6-3-2-4-7-16)18-9-10-20-17(14-18)8-5-13-32-20/h2-4,6-7,9-12,14,19,22H,5,8,13,15H2,1H3,(H,29,31). The van der Waals surface area contributed by atoms with E-state index in [1.165, 1.54) is 24.0 Å². The molecule has 1 aliphatic heterocycles. The van der Waals surface area contributed by atoms with E-state index < -0.39 is 30.5 Å². The molecule has 1 amide bonds. The van der Waals surface area contributed by atoms with E-state index in [-0.39, 0.29) is 5.82 Å². The smallest absolute Gasteiger partial charge is 0.399 e. The molecule has 0 radical (unpaired) electrons. The Balaban J connectivity index is 1.61. The summed E-state index contributed by atoms with van der Waals surface area (Å²) in [5, 5.41) is 2.82. The first kappa shape index (κ1) is 21.9. The summed E-state index contributed by atoms with van der Waals surface area (Å²) in [6.07, 6.45) is -0.848. The van der Waals surface area contributed by atoms with Crippen molar-refractivity contribution in [1.29, 1.82) is 0 Å². The first-order chi connectivity index (χ1) is 15.3. The molecule has 2 heterocycles. The van der Waals surface area contributed by atoms with E-state index in [0.717, 1.165) is 35.3 Å². The molecule has 3 aromatic rings. The Hall–Kier alpha value is -3.29. The van der Waals surface area contributed by atoms with Crippen molar-refractivity contribution >= 4 is 5.91 Å². The normalized spacial score (nSPS) is 15.4. The molecule has 4 rings (SSSR count). The summed E-state index contributed by atoms with van der Waals surface area (Å²) in [7, 11) is 1.49. The maximum atomic E-state index is 13.7. The molecule has 5 nitrogen and oxygen atoms in total. The van der Waals surface area contributed by atoms with E-state index >= 15 is 0 Å². The van der Waals surface area contributed by atoms with Crippen LogP contribution in [0.2, 0.25) is 0 Å². The lowest BCUT2D eigenvalue weighted by Gasteiger charge is -2.25. The van der Waals surface area contributed by atoms with Crippen molar-refractivity contribution in [3.8, 4) is 5.75 Å². The number of aryl methyl sites for hydroxylation is 2. The van der Waals surface area contributed by atoms with Gasteiger partial charge in [-0.1, -0.05) is 36.4 Å². The molecule has 0 saturated carbocycles. The van der Waals surface area contributed by atoms with Crippen LogP contribution >= 0.6 is 0 Å². The molecule has 0 saturated heterocycles. The van der Waals surface area contributed by atoms with Crippen LogP contribution < -0.4 is 10.1 Å². The van der Waals surface area contributed by atoms with Crippen LogP contribution in [0.1, 0.15) is 47.3 Å². The Kier molecular flexibility index (Phi) is 6.21. The van der Waals surface area contributed by atoms with Crippen molar-refractivity contribution in [2.45, 2.75) is 37.4 Å². The number of carbonyl (C=O) groups is 1. The Morgan fingerprint density at radius 3 is 2.66 bits per heavy atom. The molecule has 32 heavy (non-hydrogen) atoms. The van der Waals surface area contributed by atoms with Gasteiger partial charge >= 0.3 is 6.18 Å². The molecule has 0 aliphatic carbocycles. The monoisotopic (exact) mass is 443 g/mol. The Morgan fingerprint density at radius 2 is 1.97 bits per heavy atom. The molecule has 0 fully saturated rings. The highest BCUT2D eigenvalue weighted by Crippen LogP contribution is 2.37. The topological polar surface area (TPSA) is 56.2 Å². The van der Waals surface area contributed by atoms with Gasteiger partial charge in [-0.25, -0.2) is 4.98 Å². The van der Waals surface area contributed by atoms with E-state index in [4.69, 9.17) is 4.74 Å². The third kappa shape index (κ3) is 4.79. The number of hydrogen-bond donors (Lipinski definition) is 1. The molecule has 0 spiro atoms. The number of amides is 1. The number of benzene rings is 2. The largest absolute Gasteiger partial charge is 0.493 e. The molecular weight excluding hydrogens is 419 g/mol. The van der Waals surface area contributed by atoms with Gasteiger partial charge in [0.25, 0.3) is 0 Å². The van der Waals surface area contributed by atoms with Crippen LogP contribution in [-0.4, -0.2) is 28.2 Å². The second-order valence-electron chi connectivity index (χ2n) is 7.93. The van der Waals surface area contributed by atoms with Crippen LogP contribution in [-0.2, 0) is 18.3 Å². The molecule has 0 bridgehead atoms. The summed E-state index contributed by atoms with van der Waals surface area (Å²) in [5.41, 5.74) is 2.62. The second kappa shape index (κ2) is 9.06. The number of rotatable bonds is 6. The third-order valence-corrected chi connectivity index (χ3v) is 5.66. The molecule has 2 unspecified atom stereocenters. The average molecular weight is 443 g/mol. The van der Waals surface area contributed by atoms with Gasteiger partial charge in [0.05, 0.1) is 12.6 Å². The van der Waals surface area contributed by atoms with Crippen molar-refractivity contribution in [3.63, 3.8) is 0 Å². The number of carbonyl (C=O) groups excluding carboxylic acids is 1. The van der Waals surface area contributed by atoms with E-state index in [1.807, 2.05) is 48.5 Å². The van der Waals surface area contributed by atoms with Crippen LogP contribution in [0.5, 0.6) is 5.75 Å². The van der Waals surface area contributed by atoms with E-state index in [1.54, 1.807) is 0 Å². The number of aromatic nitrogens is 2. The second-order valence-corrected chi connectivity index (χ2v) is 7.93. The van der Waals surface area contributed by atoms with Gasteiger partial charge in [0.1, 0.15) is 17.5 Å². The predicted molar refractivity (Wildman–Crippen MR) is 113 cm³/mol. The number of nitrogens with zero attached hydrogens (tertiary/aromatic N) is 2. The highest BCUT2D eigenvalue weighted by Gasteiger charge is 2.44. The lowest BCUT2D eigenvalue weighted by molar-refractivity contribution is -0.159. The summed E-state index contributed by atoms with van der Waals surface area (Å²) < 4.78 is 48.2. The maximum absolute atomic E-state index is 13.7. The molecule has 2 atom stereocenters. The fourth-order valence-corrected chi connectivity index (χ4v) is 4.04. The number of ether oxygens (including phenoxy) is 1. The zero-order valence-electron chi connectivity index (χ0n) is 17.6. The van der Waals surface area contributed by atoms with Gasteiger partial charge in [0, 0.05) is 25.9 Å². The lowest BCUT2D eigenvalue weighted by Crippen LogP contribution is -2.34. The summed E-state index contributed by atoms with van der Waals surface area (Å²) in [4.78, 5) is 16.7. The molecule has 8 heteroatoms. The van der Waals surface area contributed by atoms with Gasteiger partial charge in [0.15, 0.2) is 0 Å². The molecule has 168 valence electrons. The Bertz CT molecular complexity index is 1080. The minimum Gasteiger partial charge on any atom is -0.493 e. The van der Waals surface area contributed by atoms with Crippen LogP contribution in [0.15, 0.2) is 60.9 Å². The van der Waals surface area contributed by atoms with Crippen molar-refractivity contribution in [3.05, 3.63) is 83.4 Å². The molecule has 1 N–H and O–H groups in total. The van der Waals surface area contributed by atoms with Crippen LogP contribution in [0.3, 0.4) is 0 Å². The number of fused-ring (bicyclic) bond motifs is 1. The summed E-state index contributed by atoms with van der Waals surface area (Å²) in [5.74, 6) is -2.06. The maximum Gasteiger partial charge on any atom is 0.399 e. The first-order valence-corrected chi connectivity index (χ1v) is 10.5. The summed E-state index contributed by atoms with van der Waals surface area (Å²) in [6, 6.07) is 14.3. The van der Waals surface area contributed by atoms with Gasteiger partial charge in [-0.15, -0.1) is 0 Å². The number of hydrogen-bond acceptors (Lipinski definition) is 3. The first-order valence-electron chi connectivity index (χ1n) is 10.5. The van der Waals surface area contributed by atoms with Crippen molar-refractivity contribution in [2.75, 3.05) is 6.61 Å². The molecule has 1 aromatic heterocycles. The van der Waals surface area contributed by atoms with Gasteiger partial charge in [0.2, 0.25) is 5.91 Å². The van der Waals surface area contributed by atoms with Gasteiger partial charge in [-0.3, -0.25) is 4.79 Å². The van der Waals surface area contributed by atoms with Crippen molar-refractivity contribution in [1.82, 2.24) is 14.9 Å². The van der Waals surface area contributed by atoms with Crippen molar-refractivity contribution < 1.29 is 22.7 Å². The molecular formula is C24H24F3N3O2.